The molecule has 0 saturated carbocycles. The van der Waals surface area contributed by atoms with Gasteiger partial charge >= 0.3 is 24.3 Å². The van der Waals surface area contributed by atoms with E-state index < -0.39 is 29.8 Å². The minimum atomic E-state index is -1.05. The van der Waals surface area contributed by atoms with Crippen molar-refractivity contribution in [3.63, 3.8) is 0 Å². The molecule has 1 N–H and O–H groups in total. The summed E-state index contributed by atoms with van der Waals surface area (Å²) in [6, 6.07) is -1.59. The molecule has 0 aliphatic carbocycles. The fourth-order valence-corrected chi connectivity index (χ4v) is 2.25. The van der Waals surface area contributed by atoms with Crippen LogP contribution in [0.3, 0.4) is 0 Å². The van der Waals surface area contributed by atoms with Gasteiger partial charge in [-0.1, -0.05) is 0 Å². The number of carbonyl (C=O) groups excluding carboxylic acids is 5. The molecule has 0 aromatic heterocycles. The fourth-order valence-electron chi connectivity index (χ4n) is 2.25. The Morgan fingerprint density at radius 2 is 2.05 bits per heavy atom. The lowest BCUT2D eigenvalue weighted by Crippen LogP contribution is -2.64. The highest BCUT2D eigenvalue weighted by Crippen LogP contribution is 2.14. The summed E-state index contributed by atoms with van der Waals surface area (Å²) in [5, 5.41) is 2.47. The van der Waals surface area contributed by atoms with Gasteiger partial charge in [-0.3, -0.25) is 29.0 Å². The summed E-state index contributed by atoms with van der Waals surface area (Å²) in [7, 11) is 0. The van der Waals surface area contributed by atoms with Gasteiger partial charge in [0.2, 0.25) is 0 Å². The van der Waals surface area contributed by atoms with Gasteiger partial charge in [0.05, 0.1) is 6.54 Å². The van der Waals surface area contributed by atoms with Gasteiger partial charge in [0.25, 0.3) is 5.91 Å². The molecule has 9 nitrogen and oxygen atoms in total. The average Bonchev–Trinajstić information content (AvgIpc) is 2.87. The van der Waals surface area contributed by atoms with E-state index in [1.165, 1.54) is 6.41 Å². The minimum Gasteiger partial charge on any atom is -0.336 e. The molecule has 0 aromatic carbocycles. The first kappa shape index (κ1) is 14.0. The third kappa shape index (κ3) is 2.10. The maximum absolute atomic E-state index is 12.3. The van der Waals surface area contributed by atoms with Gasteiger partial charge < -0.3 is 10.2 Å². The van der Waals surface area contributed by atoms with E-state index in [4.69, 9.17) is 0 Å². The third-order valence-corrected chi connectivity index (χ3v) is 3.28. The van der Waals surface area contributed by atoms with Crippen LogP contribution in [-0.4, -0.2) is 77.1 Å². The first-order chi connectivity index (χ1) is 9.51. The van der Waals surface area contributed by atoms with Crippen LogP contribution in [0.1, 0.15) is 6.92 Å². The molecule has 107 valence electrons. The number of imide groups is 2. The Bertz CT molecular complexity index is 491. The number of rotatable bonds is 3. The monoisotopic (exact) mass is 281 g/mol. The Balaban J connectivity index is 2.25. The molecule has 0 bridgehead atoms. The number of hydrogen-bond donors (Lipinski definition) is 1. The van der Waals surface area contributed by atoms with E-state index in [1.807, 2.05) is 0 Å². The molecule has 6 amide bonds. The molecule has 2 rings (SSSR count). The lowest BCUT2D eigenvalue weighted by Gasteiger charge is -2.37. The molecule has 0 aromatic rings. The number of likely N-dealkylation sites (N-methyl/N-ethyl adjacent to an activating group) is 1. The SMILES string of the molecule is CCN1C(=O)C(=O)N([C]=O)CC1C(=O)N1CCNC1=O. The quantitative estimate of drug-likeness (QED) is 0.584. The largest absolute Gasteiger partial charge is 0.336 e. The number of urea groups is 1. The molecule has 0 spiro atoms. The molecule has 2 aliphatic heterocycles. The normalized spacial score (nSPS) is 23.1. The maximum Gasteiger partial charge on any atom is 0.324 e. The van der Waals surface area contributed by atoms with Crippen LogP contribution in [0.15, 0.2) is 0 Å². The first-order valence-electron chi connectivity index (χ1n) is 6.10. The summed E-state index contributed by atoms with van der Waals surface area (Å²) in [6.07, 6.45) is 1.33. The van der Waals surface area contributed by atoms with Crippen LogP contribution in [-0.2, 0) is 19.2 Å². The molecular formula is C11H13N4O5. The Morgan fingerprint density at radius 1 is 1.35 bits per heavy atom. The Labute approximate surface area is 114 Å². The lowest BCUT2D eigenvalue weighted by atomic mass is 10.1. The second kappa shape index (κ2) is 5.27. The number of carbonyl (C=O) groups is 4. The van der Waals surface area contributed by atoms with Crippen LogP contribution in [0.25, 0.3) is 0 Å². The van der Waals surface area contributed by atoms with E-state index in [2.05, 4.69) is 5.32 Å². The van der Waals surface area contributed by atoms with Crippen molar-refractivity contribution in [1.29, 1.82) is 0 Å². The van der Waals surface area contributed by atoms with Crippen LogP contribution >= 0.6 is 0 Å². The van der Waals surface area contributed by atoms with Gasteiger partial charge in [-0.25, -0.2) is 4.79 Å². The molecule has 1 radical (unpaired) electrons. The molecular weight excluding hydrogens is 268 g/mol. The van der Waals surface area contributed by atoms with Crippen molar-refractivity contribution in [3.05, 3.63) is 0 Å². The van der Waals surface area contributed by atoms with Gasteiger partial charge in [0.1, 0.15) is 6.04 Å². The zero-order valence-electron chi connectivity index (χ0n) is 10.8. The zero-order chi connectivity index (χ0) is 14.9. The van der Waals surface area contributed by atoms with Crippen molar-refractivity contribution in [2.75, 3.05) is 26.2 Å². The highest BCUT2D eigenvalue weighted by molar-refractivity contribution is 6.37. The molecule has 9 heteroatoms. The Hall–Kier alpha value is -2.45. The number of nitrogens with one attached hydrogen (secondary N) is 1. The summed E-state index contributed by atoms with van der Waals surface area (Å²) < 4.78 is 0. The molecule has 1 unspecified atom stereocenters. The summed E-state index contributed by atoms with van der Waals surface area (Å²) in [4.78, 5) is 60.4. The van der Waals surface area contributed by atoms with Crippen LogP contribution in [0.2, 0.25) is 0 Å². The van der Waals surface area contributed by atoms with Gasteiger partial charge in [-0.2, -0.15) is 0 Å². The smallest absolute Gasteiger partial charge is 0.324 e. The molecule has 20 heavy (non-hydrogen) atoms. The number of nitrogens with zero attached hydrogens (tertiary/aromatic N) is 3. The molecule has 2 heterocycles. The van der Waals surface area contributed by atoms with E-state index in [0.717, 1.165) is 9.80 Å². The number of piperazine rings is 1. The minimum absolute atomic E-state index is 0.128. The fraction of sp³-hybridized carbons (Fsp3) is 0.545. The first-order valence-corrected chi connectivity index (χ1v) is 6.10. The predicted octanol–water partition coefficient (Wildman–Crippen LogP) is -2.34. The van der Waals surface area contributed by atoms with E-state index in [0.29, 0.717) is 11.4 Å². The van der Waals surface area contributed by atoms with E-state index in [-0.39, 0.29) is 19.6 Å². The van der Waals surface area contributed by atoms with E-state index in [1.54, 1.807) is 6.92 Å². The second-order valence-corrected chi connectivity index (χ2v) is 4.34. The molecule has 2 saturated heterocycles. The molecule has 2 aliphatic rings. The van der Waals surface area contributed by atoms with Gasteiger partial charge in [-0.15, -0.1) is 0 Å². The standard InChI is InChI=1S/C11H13N4O5/c1-2-14-7(5-13(6-16)9(18)10(14)19)8(17)15-4-3-12-11(15)20/h7H,2-5H2,1H3,(H,12,20). The summed E-state index contributed by atoms with van der Waals surface area (Å²) in [6.45, 7) is 1.97. The summed E-state index contributed by atoms with van der Waals surface area (Å²) in [5.41, 5.74) is 0. The van der Waals surface area contributed by atoms with Crippen LogP contribution in [0.4, 0.5) is 4.79 Å². The summed E-state index contributed by atoms with van der Waals surface area (Å²) in [5.74, 6) is -2.57. The molecule has 2 fully saturated rings. The topological polar surface area (TPSA) is 107 Å². The highest BCUT2D eigenvalue weighted by Gasteiger charge is 2.45. The van der Waals surface area contributed by atoms with Gasteiger partial charge in [-0.05, 0) is 6.92 Å². The maximum atomic E-state index is 12.3. The van der Waals surface area contributed by atoms with Crippen molar-refractivity contribution < 1.29 is 24.0 Å². The van der Waals surface area contributed by atoms with Crippen LogP contribution < -0.4 is 5.32 Å². The van der Waals surface area contributed by atoms with Crippen LogP contribution in [0.5, 0.6) is 0 Å². The van der Waals surface area contributed by atoms with Crippen molar-refractivity contribution in [3.8, 4) is 0 Å². The predicted molar refractivity (Wildman–Crippen MR) is 63.7 cm³/mol. The van der Waals surface area contributed by atoms with Gasteiger partial charge in [0.15, 0.2) is 0 Å². The van der Waals surface area contributed by atoms with Crippen molar-refractivity contribution >= 4 is 30.2 Å². The van der Waals surface area contributed by atoms with E-state index >= 15 is 0 Å². The van der Waals surface area contributed by atoms with Gasteiger partial charge in [0, 0.05) is 19.6 Å². The second-order valence-electron chi connectivity index (χ2n) is 4.34. The number of amides is 6. The highest BCUT2D eigenvalue weighted by atomic mass is 16.2. The van der Waals surface area contributed by atoms with Crippen molar-refractivity contribution in [1.82, 2.24) is 20.0 Å². The average molecular weight is 281 g/mol. The lowest BCUT2D eigenvalue weighted by molar-refractivity contribution is -0.159. The third-order valence-electron chi connectivity index (χ3n) is 3.28. The number of hydrogen-bond acceptors (Lipinski definition) is 5. The van der Waals surface area contributed by atoms with Crippen LogP contribution in [0, 0.1) is 0 Å². The summed E-state index contributed by atoms with van der Waals surface area (Å²) >= 11 is 0. The molecule has 1 atom stereocenters. The van der Waals surface area contributed by atoms with E-state index in [9.17, 15) is 24.0 Å². The Kier molecular flexibility index (Phi) is 3.68. The van der Waals surface area contributed by atoms with Crippen molar-refractivity contribution in [2.45, 2.75) is 13.0 Å². The zero-order valence-corrected chi connectivity index (χ0v) is 10.8. The van der Waals surface area contributed by atoms with Crippen molar-refractivity contribution in [2.24, 2.45) is 0 Å². The Morgan fingerprint density at radius 3 is 2.55 bits per heavy atom.